The lowest BCUT2D eigenvalue weighted by Gasteiger charge is -2.30. The monoisotopic (exact) mass is 363 g/mol. The highest BCUT2D eigenvalue weighted by Gasteiger charge is 2.30. The van der Waals surface area contributed by atoms with Crippen LogP contribution in [0.4, 0.5) is 5.69 Å². The molecule has 0 radical (unpaired) electrons. The zero-order valence-electron chi connectivity index (χ0n) is 17.5. The van der Waals surface area contributed by atoms with Gasteiger partial charge < -0.3 is 10.1 Å². The van der Waals surface area contributed by atoms with Gasteiger partial charge in [-0.3, -0.25) is 0 Å². The van der Waals surface area contributed by atoms with Crippen molar-refractivity contribution in [1.29, 1.82) is 0 Å². The Morgan fingerprint density at radius 2 is 1.74 bits per heavy atom. The molecule has 2 aliphatic rings. The highest BCUT2D eigenvalue weighted by atomic mass is 16.5. The zero-order chi connectivity index (χ0) is 19.2. The van der Waals surface area contributed by atoms with Gasteiger partial charge in [0, 0.05) is 11.7 Å². The molecule has 0 aromatic heterocycles. The van der Waals surface area contributed by atoms with Gasteiger partial charge in [0.15, 0.2) is 0 Å². The van der Waals surface area contributed by atoms with E-state index >= 15 is 0 Å². The van der Waals surface area contributed by atoms with Crippen LogP contribution in [0.3, 0.4) is 0 Å². The first kappa shape index (κ1) is 18.4. The Labute approximate surface area is 164 Å². The van der Waals surface area contributed by atoms with Gasteiger partial charge in [0.05, 0.1) is 6.61 Å². The topological polar surface area (TPSA) is 21.3 Å². The maximum Gasteiger partial charge on any atom is 0.122 e. The summed E-state index contributed by atoms with van der Waals surface area (Å²) >= 11 is 0. The van der Waals surface area contributed by atoms with Gasteiger partial charge in [0.2, 0.25) is 0 Å². The fourth-order valence-electron chi connectivity index (χ4n) is 4.53. The molecular weight excluding hydrogens is 330 g/mol. The summed E-state index contributed by atoms with van der Waals surface area (Å²) in [5.74, 6) is 1.09. The van der Waals surface area contributed by atoms with Crippen molar-refractivity contribution in [3.05, 3.63) is 58.7 Å². The van der Waals surface area contributed by atoms with Crippen molar-refractivity contribution in [2.75, 3.05) is 11.9 Å². The first-order chi connectivity index (χ1) is 12.7. The molecule has 0 saturated heterocycles. The predicted octanol–water partition coefficient (Wildman–Crippen LogP) is 6.01. The molecule has 0 spiro atoms. The molecule has 0 saturated carbocycles. The molecule has 2 heteroatoms. The van der Waals surface area contributed by atoms with Crippen molar-refractivity contribution in [3.63, 3.8) is 0 Å². The molecular formula is C25H33NO. The lowest BCUT2D eigenvalue weighted by molar-refractivity contribution is 0.287. The SMILES string of the molecule is CC(C)(C)c1ccc2c(c1)NC(CC(C)(C)c1ccc3c(c1)CCCO3)C2. The van der Waals surface area contributed by atoms with Gasteiger partial charge in [0.25, 0.3) is 0 Å². The van der Waals surface area contributed by atoms with Crippen LogP contribution >= 0.6 is 0 Å². The Bertz CT molecular complexity index is 844. The van der Waals surface area contributed by atoms with Crippen molar-refractivity contribution in [2.45, 2.75) is 77.2 Å². The van der Waals surface area contributed by atoms with Crippen LogP contribution in [0.25, 0.3) is 0 Å². The lowest BCUT2D eigenvalue weighted by Crippen LogP contribution is -2.28. The molecule has 27 heavy (non-hydrogen) atoms. The van der Waals surface area contributed by atoms with E-state index in [1.165, 1.54) is 27.9 Å². The Morgan fingerprint density at radius 1 is 0.963 bits per heavy atom. The van der Waals surface area contributed by atoms with Crippen LogP contribution in [0.5, 0.6) is 5.75 Å². The van der Waals surface area contributed by atoms with Crippen LogP contribution in [0.1, 0.15) is 69.7 Å². The third-order valence-corrected chi connectivity index (χ3v) is 6.25. The summed E-state index contributed by atoms with van der Waals surface area (Å²) < 4.78 is 5.79. The summed E-state index contributed by atoms with van der Waals surface area (Å²) in [4.78, 5) is 0. The molecule has 0 bridgehead atoms. The van der Waals surface area contributed by atoms with Crippen molar-refractivity contribution in [3.8, 4) is 5.75 Å². The number of benzene rings is 2. The maximum atomic E-state index is 5.79. The first-order valence-corrected chi connectivity index (χ1v) is 10.4. The smallest absolute Gasteiger partial charge is 0.122 e. The largest absolute Gasteiger partial charge is 0.493 e. The summed E-state index contributed by atoms with van der Waals surface area (Å²) in [6.45, 7) is 12.5. The predicted molar refractivity (Wildman–Crippen MR) is 114 cm³/mol. The van der Waals surface area contributed by atoms with E-state index < -0.39 is 0 Å². The molecule has 0 aliphatic carbocycles. The fraction of sp³-hybridized carbons (Fsp3) is 0.520. The minimum Gasteiger partial charge on any atom is -0.493 e. The van der Waals surface area contributed by atoms with E-state index in [0.717, 1.165) is 38.0 Å². The van der Waals surface area contributed by atoms with Crippen LogP contribution < -0.4 is 10.1 Å². The lowest BCUT2D eigenvalue weighted by atomic mass is 9.77. The van der Waals surface area contributed by atoms with Gasteiger partial charge in [-0.2, -0.15) is 0 Å². The van der Waals surface area contributed by atoms with E-state index in [1.54, 1.807) is 0 Å². The molecule has 2 heterocycles. The summed E-state index contributed by atoms with van der Waals surface area (Å²) in [6, 6.07) is 14.3. The van der Waals surface area contributed by atoms with Gasteiger partial charge in [-0.1, -0.05) is 58.9 Å². The summed E-state index contributed by atoms with van der Waals surface area (Å²) in [6.07, 6.45) is 4.53. The third kappa shape index (κ3) is 3.72. The minimum atomic E-state index is 0.138. The Balaban J connectivity index is 1.50. The molecule has 2 aliphatic heterocycles. The van der Waals surface area contributed by atoms with Crippen LogP contribution in [0.15, 0.2) is 36.4 Å². The number of ether oxygens (including phenoxy) is 1. The Morgan fingerprint density at radius 3 is 2.52 bits per heavy atom. The van der Waals surface area contributed by atoms with E-state index in [2.05, 4.69) is 76.3 Å². The van der Waals surface area contributed by atoms with Gasteiger partial charge in [-0.05, 0) is 70.9 Å². The summed E-state index contributed by atoms with van der Waals surface area (Å²) in [5, 5.41) is 3.81. The quantitative estimate of drug-likeness (QED) is 0.720. The molecule has 2 aromatic carbocycles. The second-order valence-corrected chi connectivity index (χ2v) is 10.0. The van der Waals surface area contributed by atoms with Crippen LogP contribution in [-0.4, -0.2) is 12.6 Å². The van der Waals surface area contributed by atoms with Crippen molar-refractivity contribution in [2.24, 2.45) is 0 Å². The third-order valence-electron chi connectivity index (χ3n) is 6.25. The highest BCUT2D eigenvalue weighted by Crippen LogP contribution is 2.38. The number of rotatable bonds is 3. The molecule has 2 aromatic rings. The van der Waals surface area contributed by atoms with Crippen molar-refractivity contribution >= 4 is 5.69 Å². The normalized spacial score (nSPS) is 19.1. The second kappa shape index (κ2) is 6.58. The highest BCUT2D eigenvalue weighted by molar-refractivity contribution is 5.59. The molecule has 1 unspecified atom stereocenters. The Hall–Kier alpha value is -1.96. The van der Waals surface area contributed by atoms with Gasteiger partial charge in [0.1, 0.15) is 5.75 Å². The summed E-state index contributed by atoms with van der Waals surface area (Å²) in [7, 11) is 0. The van der Waals surface area contributed by atoms with Crippen molar-refractivity contribution < 1.29 is 4.74 Å². The summed E-state index contributed by atoms with van der Waals surface area (Å²) in [5.41, 5.74) is 7.34. The van der Waals surface area contributed by atoms with Gasteiger partial charge >= 0.3 is 0 Å². The molecule has 1 atom stereocenters. The maximum absolute atomic E-state index is 5.79. The molecule has 0 amide bonds. The second-order valence-electron chi connectivity index (χ2n) is 10.0. The average Bonchev–Trinajstić information content (AvgIpc) is 3.01. The molecule has 144 valence electrons. The van der Waals surface area contributed by atoms with Crippen LogP contribution in [0, 0.1) is 0 Å². The first-order valence-electron chi connectivity index (χ1n) is 10.4. The van der Waals surface area contributed by atoms with Gasteiger partial charge in [-0.15, -0.1) is 0 Å². The van der Waals surface area contributed by atoms with Crippen LogP contribution in [-0.2, 0) is 23.7 Å². The minimum absolute atomic E-state index is 0.138. The Kier molecular flexibility index (Phi) is 4.49. The van der Waals surface area contributed by atoms with E-state index in [1.807, 2.05) is 0 Å². The van der Waals surface area contributed by atoms with Crippen LogP contribution in [0.2, 0.25) is 0 Å². The zero-order valence-corrected chi connectivity index (χ0v) is 17.5. The molecule has 2 nitrogen and oxygen atoms in total. The van der Waals surface area contributed by atoms with E-state index in [4.69, 9.17) is 4.74 Å². The number of fused-ring (bicyclic) bond motifs is 2. The molecule has 1 N–H and O–H groups in total. The molecule has 0 fully saturated rings. The van der Waals surface area contributed by atoms with E-state index in [-0.39, 0.29) is 10.8 Å². The number of anilines is 1. The van der Waals surface area contributed by atoms with Crippen molar-refractivity contribution in [1.82, 2.24) is 0 Å². The van der Waals surface area contributed by atoms with Gasteiger partial charge in [-0.25, -0.2) is 0 Å². The number of hydrogen-bond donors (Lipinski definition) is 1. The van der Waals surface area contributed by atoms with E-state index in [9.17, 15) is 0 Å². The standard InChI is InChI=1S/C25H33NO/c1-24(2,3)19-9-8-17-14-21(26-22(17)15-19)16-25(4,5)20-10-11-23-18(13-20)7-6-12-27-23/h8-11,13,15,21,26H,6-7,12,14,16H2,1-5H3. The number of hydrogen-bond acceptors (Lipinski definition) is 2. The average molecular weight is 364 g/mol. The number of aryl methyl sites for hydroxylation is 1. The van der Waals surface area contributed by atoms with E-state index in [0.29, 0.717) is 6.04 Å². The molecule has 4 rings (SSSR count). The fourth-order valence-corrected chi connectivity index (χ4v) is 4.53. The number of nitrogens with one attached hydrogen (secondary N) is 1.